The van der Waals surface area contributed by atoms with Crippen molar-refractivity contribution in [3.8, 4) is 0 Å². The van der Waals surface area contributed by atoms with E-state index in [1.165, 1.54) is 5.56 Å². The fraction of sp³-hybridized carbons (Fsp3) is 0.300. The lowest BCUT2D eigenvalue weighted by atomic mass is 10.0. The van der Waals surface area contributed by atoms with Crippen molar-refractivity contribution in [2.45, 2.75) is 32.6 Å². The molecule has 0 atom stereocenters. The monoisotopic (exact) mass is 337 g/mol. The molecule has 2 amide bonds. The summed E-state index contributed by atoms with van der Waals surface area (Å²) in [7, 11) is 0. The molecule has 5 heteroatoms. The second-order valence-corrected chi connectivity index (χ2v) is 6.60. The molecule has 2 aromatic carbocycles. The van der Waals surface area contributed by atoms with Crippen LogP contribution in [0.1, 0.15) is 37.3 Å². The second-order valence-electron chi connectivity index (χ2n) is 6.60. The van der Waals surface area contributed by atoms with Crippen LogP contribution in [0.2, 0.25) is 0 Å². The summed E-state index contributed by atoms with van der Waals surface area (Å²) in [5.74, 6) is 0.391. The smallest absolute Gasteiger partial charge is 0.243 e. The van der Waals surface area contributed by atoms with Crippen molar-refractivity contribution in [2.24, 2.45) is 0 Å². The molecule has 0 unspecified atom stereocenters. The average molecular weight is 337 g/mol. The molecule has 0 aromatic heterocycles. The summed E-state index contributed by atoms with van der Waals surface area (Å²) < 4.78 is 0. The second kappa shape index (κ2) is 7.38. The number of anilines is 3. The highest BCUT2D eigenvalue weighted by molar-refractivity contribution is 5.95. The lowest BCUT2D eigenvalue weighted by molar-refractivity contribution is -0.116. The van der Waals surface area contributed by atoms with Crippen molar-refractivity contribution in [1.82, 2.24) is 0 Å². The summed E-state index contributed by atoms with van der Waals surface area (Å²) in [5.41, 5.74) is 4.79. The maximum atomic E-state index is 12.1. The normalized spacial score (nSPS) is 13.2. The van der Waals surface area contributed by atoms with E-state index >= 15 is 0 Å². The zero-order chi connectivity index (χ0) is 17.8. The highest BCUT2D eigenvalue weighted by Crippen LogP contribution is 2.25. The summed E-state index contributed by atoms with van der Waals surface area (Å²) in [6, 6.07) is 13.7. The molecular weight excluding hydrogens is 314 g/mol. The Bertz CT molecular complexity index is 782. The molecule has 5 nitrogen and oxygen atoms in total. The summed E-state index contributed by atoms with van der Waals surface area (Å²) in [5, 5.41) is 8.83. The van der Waals surface area contributed by atoms with E-state index < -0.39 is 0 Å². The van der Waals surface area contributed by atoms with Crippen molar-refractivity contribution in [3.05, 3.63) is 53.6 Å². The van der Waals surface area contributed by atoms with Gasteiger partial charge in [-0.1, -0.05) is 32.0 Å². The Morgan fingerprint density at radius 1 is 1.08 bits per heavy atom. The van der Waals surface area contributed by atoms with E-state index in [2.05, 4.69) is 29.8 Å². The SMILES string of the molecule is CC(C)c1ccc(NC(=O)CNc2ccc3c(c2)NC(=O)CC3)cc1. The van der Waals surface area contributed by atoms with E-state index in [4.69, 9.17) is 0 Å². The minimum absolute atomic E-state index is 0.0345. The largest absolute Gasteiger partial charge is 0.376 e. The van der Waals surface area contributed by atoms with E-state index in [9.17, 15) is 9.59 Å². The standard InChI is InChI=1S/C20H23N3O2/c1-13(2)14-3-7-16(8-4-14)22-20(25)12-21-17-9-5-15-6-10-19(24)23-18(15)11-17/h3-5,7-9,11,13,21H,6,10,12H2,1-2H3,(H,22,25)(H,23,24). The maximum absolute atomic E-state index is 12.1. The number of amides is 2. The Labute approximate surface area is 147 Å². The molecule has 1 aliphatic rings. The van der Waals surface area contributed by atoms with Crippen LogP contribution in [0.5, 0.6) is 0 Å². The van der Waals surface area contributed by atoms with Gasteiger partial charge in [-0.25, -0.2) is 0 Å². The third kappa shape index (κ3) is 4.38. The number of fused-ring (bicyclic) bond motifs is 1. The number of nitrogens with one attached hydrogen (secondary N) is 3. The lowest BCUT2D eigenvalue weighted by Crippen LogP contribution is -2.22. The molecule has 3 N–H and O–H groups in total. The molecule has 130 valence electrons. The molecular formula is C20H23N3O2. The first kappa shape index (κ1) is 17.0. The number of carbonyl (C=O) groups is 2. The minimum atomic E-state index is -0.112. The molecule has 1 aliphatic heterocycles. The molecule has 1 heterocycles. The number of hydrogen-bond donors (Lipinski definition) is 3. The van der Waals surface area contributed by atoms with Crippen molar-refractivity contribution >= 4 is 28.9 Å². The number of carbonyl (C=O) groups excluding carboxylic acids is 2. The molecule has 2 aromatic rings. The first-order chi connectivity index (χ1) is 12.0. The van der Waals surface area contributed by atoms with Crippen LogP contribution >= 0.6 is 0 Å². The molecule has 0 radical (unpaired) electrons. The highest BCUT2D eigenvalue weighted by atomic mass is 16.2. The van der Waals surface area contributed by atoms with Crippen molar-refractivity contribution < 1.29 is 9.59 Å². The number of hydrogen-bond acceptors (Lipinski definition) is 3. The van der Waals surface area contributed by atoms with Crippen molar-refractivity contribution in [2.75, 3.05) is 22.5 Å². The third-order valence-electron chi connectivity index (χ3n) is 4.32. The third-order valence-corrected chi connectivity index (χ3v) is 4.32. The molecule has 0 bridgehead atoms. The maximum Gasteiger partial charge on any atom is 0.243 e. The minimum Gasteiger partial charge on any atom is -0.376 e. The Hall–Kier alpha value is -2.82. The number of benzene rings is 2. The Morgan fingerprint density at radius 3 is 2.52 bits per heavy atom. The first-order valence-corrected chi connectivity index (χ1v) is 8.58. The quantitative estimate of drug-likeness (QED) is 0.778. The van der Waals surface area contributed by atoms with Crippen LogP contribution in [0.4, 0.5) is 17.1 Å². The van der Waals surface area contributed by atoms with Crippen LogP contribution in [-0.4, -0.2) is 18.4 Å². The van der Waals surface area contributed by atoms with E-state index in [-0.39, 0.29) is 18.4 Å². The van der Waals surface area contributed by atoms with Gasteiger partial charge in [0.05, 0.1) is 6.54 Å². The van der Waals surface area contributed by atoms with Gasteiger partial charge in [0.15, 0.2) is 0 Å². The van der Waals surface area contributed by atoms with E-state index in [0.717, 1.165) is 29.0 Å². The molecule has 3 rings (SSSR count). The van der Waals surface area contributed by atoms with E-state index in [1.807, 2.05) is 42.5 Å². The van der Waals surface area contributed by atoms with Gasteiger partial charge in [-0.05, 0) is 47.7 Å². The fourth-order valence-corrected chi connectivity index (χ4v) is 2.82. The van der Waals surface area contributed by atoms with Crippen LogP contribution < -0.4 is 16.0 Å². The summed E-state index contributed by atoms with van der Waals surface area (Å²) in [4.78, 5) is 23.6. The van der Waals surface area contributed by atoms with Gasteiger partial charge in [0.1, 0.15) is 0 Å². The van der Waals surface area contributed by atoms with Gasteiger partial charge >= 0.3 is 0 Å². The van der Waals surface area contributed by atoms with Gasteiger partial charge in [0.2, 0.25) is 11.8 Å². The Kier molecular flexibility index (Phi) is 5.03. The van der Waals surface area contributed by atoms with Crippen LogP contribution in [0, 0.1) is 0 Å². The predicted molar refractivity (Wildman–Crippen MR) is 101 cm³/mol. The van der Waals surface area contributed by atoms with Gasteiger partial charge in [-0.15, -0.1) is 0 Å². The Balaban J connectivity index is 1.55. The lowest BCUT2D eigenvalue weighted by Gasteiger charge is -2.18. The fourth-order valence-electron chi connectivity index (χ4n) is 2.82. The van der Waals surface area contributed by atoms with Gasteiger partial charge in [0.25, 0.3) is 0 Å². The van der Waals surface area contributed by atoms with Gasteiger partial charge < -0.3 is 16.0 Å². The summed E-state index contributed by atoms with van der Waals surface area (Å²) in [6.45, 7) is 4.44. The van der Waals surface area contributed by atoms with Crippen molar-refractivity contribution in [1.29, 1.82) is 0 Å². The van der Waals surface area contributed by atoms with Gasteiger partial charge in [-0.2, -0.15) is 0 Å². The zero-order valence-corrected chi connectivity index (χ0v) is 14.6. The molecule has 0 aliphatic carbocycles. The van der Waals surface area contributed by atoms with Crippen LogP contribution in [0.15, 0.2) is 42.5 Å². The predicted octanol–water partition coefficient (Wildman–Crippen LogP) is 3.75. The average Bonchev–Trinajstić information content (AvgIpc) is 2.60. The summed E-state index contributed by atoms with van der Waals surface area (Å²) >= 11 is 0. The first-order valence-electron chi connectivity index (χ1n) is 8.58. The summed E-state index contributed by atoms with van der Waals surface area (Å²) in [6.07, 6.45) is 1.28. The van der Waals surface area contributed by atoms with Crippen LogP contribution in [-0.2, 0) is 16.0 Å². The van der Waals surface area contributed by atoms with E-state index in [1.54, 1.807) is 0 Å². The van der Waals surface area contributed by atoms with Gasteiger partial charge in [-0.3, -0.25) is 9.59 Å². The van der Waals surface area contributed by atoms with Crippen LogP contribution in [0.3, 0.4) is 0 Å². The topological polar surface area (TPSA) is 70.2 Å². The van der Waals surface area contributed by atoms with E-state index in [0.29, 0.717) is 12.3 Å². The van der Waals surface area contributed by atoms with Gasteiger partial charge in [0, 0.05) is 23.5 Å². The molecule has 0 saturated carbocycles. The molecule has 0 saturated heterocycles. The van der Waals surface area contributed by atoms with Crippen molar-refractivity contribution in [3.63, 3.8) is 0 Å². The molecule has 0 fully saturated rings. The molecule has 0 spiro atoms. The Morgan fingerprint density at radius 2 is 1.80 bits per heavy atom. The molecule has 25 heavy (non-hydrogen) atoms. The number of rotatable bonds is 5. The van der Waals surface area contributed by atoms with Crippen LogP contribution in [0.25, 0.3) is 0 Å². The number of aryl methyl sites for hydroxylation is 1. The zero-order valence-electron chi connectivity index (χ0n) is 14.6. The highest BCUT2D eigenvalue weighted by Gasteiger charge is 2.14.